The predicted molar refractivity (Wildman–Crippen MR) is 89.5 cm³/mol. The molecule has 0 aromatic heterocycles. The van der Waals surface area contributed by atoms with E-state index in [0.717, 1.165) is 22.2 Å². The molecule has 6 heteroatoms. The summed E-state index contributed by atoms with van der Waals surface area (Å²) in [6.45, 7) is 0.0526. The number of nitrogens with zero attached hydrogens (tertiary/aromatic N) is 1. The van der Waals surface area contributed by atoms with Crippen LogP contribution in [-0.4, -0.2) is 18.8 Å². The van der Waals surface area contributed by atoms with Crippen molar-refractivity contribution >= 4 is 11.8 Å². The number of ether oxygens (including phenoxy) is 2. The Bertz CT molecular complexity index is 646. The summed E-state index contributed by atoms with van der Waals surface area (Å²) in [7, 11) is 1.51. The second-order valence-corrected chi connectivity index (χ2v) is 5.68. The lowest BCUT2D eigenvalue weighted by Crippen LogP contribution is -2.07. The molecule has 2 rings (SSSR count). The van der Waals surface area contributed by atoms with Gasteiger partial charge in [0.1, 0.15) is 12.9 Å². The first-order chi connectivity index (χ1) is 11.2. The van der Waals surface area contributed by atoms with Crippen LogP contribution in [0, 0.1) is 10.1 Å². The van der Waals surface area contributed by atoms with Gasteiger partial charge in [0.15, 0.2) is 0 Å². The lowest BCUT2D eigenvalue weighted by Gasteiger charge is -2.14. The van der Waals surface area contributed by atoms with Crippen LogP contribution in [0.1, 0.15) is 11.7 Å². The first-order valence-corrected chi connectivity index (χ1v) is 7.77. The minimum Gasteiger partial charge on any atom is -0.359 e. The maximum atomic E-state index is 11.4. The van der Waals surface area contributed by atoms with Crippen LogP contribution in [0.15, 0.2) is 76.7 Å². The van der Waals surface area contributed by atoms with E-state index >= 15 is 0 Å². The van der Waals surface area contributed by atoms with E-state index in [0.29, 0.717) is 0 Å². The van der Waals surface area contributed by atoms with Gasteiger partial charge < -0.3 is 9.47 Å². The third-order valence-corrected chi connectivity index (χ3v) is 3.94. The highest BCUT2D eigenvalue weighted by Gasteiger charge is 2.19. The predicted octanol–water partition coefficient (Wildman–Crippen LogP) is 4.26. The van der Waals surface area contributed by atoms with Crippen molar-refractivity contribution in [3.8, 4) is 0 Å². The molecule has 0 amide bonds. The van der Waals surface area contributed by atoms with Crippen molar-refractivity contribution in [2.24, 2.45) is 0 Å². The van der Waals surface area contributed by atoms with Crippen LogP contribution in [0.2, 0.25) is 0 Å². The first-order valence-electron chi connectivity index (χ1n) is 6.95. The number of benzene rings is 2. The van der Waals surface area contributed by atoms with Crippen molar-refractivity contribution in [1.29, 1.82) is 0 Å². The fourth-order valence-electron chi connectivity index (χ4n) is 1.90. The Morgan fingerprint density at radius 3 is 2.35 bits per heavy atom. The third-order valence-electron chi connectivity index (χ3n) is 2.93. The number of rotatable bonds is 8. The van der Waals surface area contributed by atoms with E-state index in [2.05, 4.69) is 0 Å². The molecule has 1 atom stereocenters. The summed E-state index contributed by atoms with van der Waals surface area (Å²) in [5.74, 6) is 0. The lowest BCUT2D eigenvalue weighted by molar-refractivity contribution is -0.411. The third kappa shape index (κ3) is 5.52. The molecule has 0 saturated heterocycles. The van der Waals surface area contributed by atoms with Crippen LogP contribution in [0.5, 0.6) is 0 Å². The normalized spacial score (nSPS) is 12.8. The van der Waals surface area contributed by atoms with Gasteiger partial charge in [0.25, 0.3) is 0 Å². The SMILES string of the molecule is COCO[C@H](/C=C(\Sc1ccccc1)[N+](=O)[O-])c1ccccc1. The van der Waals surface area contributed by atoms with Gasteiger partial charge in [0.2, 0.25) is 0 Å². The molecule has 0 unspecified atom stereocenters. The zero-order valence-electron chi connectivity index (χ0n) is 12.6. The molecule has 0 heterocycles. The maximum Gasteiger partial charge on any atom is 0.306 e. The maximum absolute atomic E-state index is 11.4. The zero-order chi connectivity index (χ0) is 16.5. The molecule has 0 aliphatic carbocycles. The second kappa shape index (κ2) is 9.09. The fourth-order valence-corrected chi connectivity index (χ4v) is 2.70. The average Bonchev–Trinajstić information content (AvgIpc) is 2.59. The van der Waals surface area contributed by atoms with Crippen molar-refractivity contribution in [3.05, 3.63) is 87.4 Å². The number of hydrogen-bond donors (Lipinski definition) is 0. The van der Waals surface area contributed by atoms with Crippen molar-refractivity contribution in [2.45, 2.75) is 11.0 Å². The quantitative estimate of drug-likeness (QED) is 0.313. The molecule has 0 aliphatic rings. The summed E-state index contributed by atoms with van der Waals surface area (Å²) in [6.07, 6.45) is 0.958. The Morgan fingerprint density at radius 2 is 1.78 bits per heavy atom. The molecule has 5 nitrogen and oxygen atoms in total. The summed E-state index contributed by atoms with van der Waals surface area (Å²) in [6, 6.07) is 18.5. The highest BCUT2D eigenvalue weighted by atomic mass is 32.2. The molecule has 0 fully saturated rings. The molecule has 0 bridgehead atoms. The topological polar surface area (TPSA) is 61.6 Å². The molecule has 0 saturated carbocycles. The molecule has 0 spiro atoms. The van der Waals surface area contributed by atoms with Gasteiger partial charge in [0, 0.05) is 18.1 Å². The molecular weight excluding hydrogens is 314 g/mol. The fraction of sp³-hybridized carbons (Fsp3) is 0.176. The largest absolute Gasteiger partial charge is 0.359 e. The second-order valence-electron chi connectivity index (χ2n) is 4.58. The van der Waals surface area contributed by atoms with E-state index < -0.39 is 11.0 Å². The van der Waals surface area contributed by atoms with E-state index in [1.807, 2.05) is 60.7 Å². The summed E-state index contributed by atoms with van der Waals surface area (Å²) in [4.78, 5) is 11.8. The number of nitro groups is 1. The van der Waals surface area contributed by atoms with Gasteiger partial charge in [-0.25, -0.2) is 0 Å². The van der Waals surface area contributed by atoms with Crippen molar-refractivity contribution < 1.29 is 14.4 Å². The Labute approximate surface area is 139 Å². The van der Waals surface area contributed by atoms with Crippen molar-refractivity contribution in [3.63, 3.8) is 0 Å². The molecule has 0 radical (unpaired) electrons. The summed E-state index contributed by atoms with van der Waals surface area (Å²) in [5.41, 5.74) is 0.831. The van der Waals surface area contributed by atoms with Gasteiger partial charge in [-0.05, 0) is 29.5 Å². The monoisotopic (exact) mass is 331 g/mol. The van der Waals surface area contributed by atoms with Gasteiger partial charge in [-0.1, -0.05) is 48.5 Å². The van der Waals surface area contributed by atoms with Gasteiger partial charge >= 0.3 is 5.03 Å². The first kappa shape index (κ1) is 17.2. The van der Waals surface area contributed by atoms with Crippen LogP contribution in [-0.2, 0) is 9.47 Å². The van der Waals surface area contributed by atoms with E-state index in [1.54, 1.807) is 0 Å². The Morgan fingerprint density at radius 1 is 1.17 bits per heavy atom. The molecular formula is C17H17NO4S. The summed E-state index contributed by atoms with van der Waals surface area (Å²) >= 11 is 1.09. The minimum absolute atomic E-state index is 0.0150. The zero-order valence-corrected chi connectivity index (χ0v) is 13.4. The van der Waals surface area contributed by atoms with Crippen LogP contribution in [0.3, 0.4) is 0 Å². The molecule has 0 aliphatic heterocycles. The molecule has 0 N–H and O–H groups in total. The standard InChI is InChI=1S/C17H17NO4S/c1-21-13-22-16(14-8-4-2-5-9-14)12-17(18(19)20)23-15-10-6-3-7-11-15/h2-12,16H,13H2,1H3/b17-12-/t16-/m1/s1. The minimum atomic E-state index is -0.548. The van der Waals surface area contributed by atoms with E-state index in [4.69, 9.17) is 9.47 Å². The van der Waals surface area contributed by atoms with Crippen molar-refractivity contribution in [2.75, 3.05) is 13.9 Å². The van der Waals surface area contributed by atoms with Gasteiger partial charge in [-0.15, -0.1) is 0 Å². The summed E-state index contributed by atoms with van der Waals surface area (Å²) < 4.78 is 10.5. The Hall–Kier alpha value is -2.15. The highest BCUT2D eigenvalue weighted by molar-refractivity contribution is 8.02. The number of methoxy groups -OCH3 is 1. The Balaban J connectivity index is 2.27. The highest BCUT2D eigenvalue weighted by Crippen LogP contribution is 2.30. The van der Waals surface area contributed by atoms with E-state index in [-0.39, 0.29) is 11.8 Å². The van der Waals surface area contributed by atoms with Crippen LogP contribution in [0.25, 0.3) is 0 Å². The molecule has 2 aromatic rings. The molecule has 2 aromatic carbocycles. The van der Waals surface area contributed by atoms with Gasteiger partial charge in [0.05, 0.1) is 4.92 Å². The summed E-state index contributed by atoms with van der Waals surface area (Å²) in [5, 5.41) is 11.4. The van der Waals surface area contributed by atoms with Gasteiger partial charge in [-0.3, -0.25) is 10.1 Å². The van der Waals surface area contributed by atoms with Gasteiger partial charge in [-0.2, -0.15) is 0 Å². The van der Waals surface area contributed by atoms with Crippen LogP contribution < -0.4 is 0 Å². The smallest absolute Gasteiger partial charge is 0.306 e. The van der Waals surface area contributed by atoms with E-state index in [1.165, 1.54) is 13.2 Å². The van der Waals surface area contributed by atoms with Crippen molar-refractivity contribution in [1.82, 2.24) is 0 Å². The molecule has 23 heavy (non-hydrogen) atoms. The van der Waals surface area contributed by atoms with Crippen LogP contribution >= 0.6 is 11.8 Å². The van der Waals surface area contributed by atoms with E-state index in [9.17, 15) is 10.1 Å². The lowest BCUT2D eigenvalue weighted by atomic mass is 10.1. The number of hydrogen-bond acceptors (Lipinski definition) is 5. The number of thioether (sulfide) groups is 1. The Kier molecular flexibility index (Phi) is 6.80. The molecule has 120 valence electrons. The van der Waals surface area contributed by atoms with Crippen LogP contribution in [0.4, 0.5) is 0 Å². The average molecular weight is 331 g/mol.